The summed E-state index contributed by atoms with van der Waals surface area (Å²) in [6.07, 6.45) is 2.33. The number of unbranched alkanes of at least 4 members (excludes halogenated alkanes) is 2. The van der Waals surface area contributed by atoms with Crippen LogP contribution in [0.1, 0.15) is 36.2 Å². The fourth-order valence-corrected chi connectivity index (χ4v) is 1.62. The zero-order chi connectivity index (χ0) is 14.3. The summed E-state index contributed by atoms with van der Waals surface area (Å²) in [5.74, 6) is -0.520. The summed E-state index contributed by atoms with van der Waals surface area (Å²) in [5.41, 5.74) is 0.310. The van der Waals surface area contributed by atoms with Crippen molar-refractivity contribution in [2.24, 2.45) is 7.05 Å². The Labute approximate surface area is 111 Å². The average Bonchev–Trinajstić information content (AvgIpc) is 2.74. The number of methoxy groups -OCH3 is 1. The predicted molar refractivity (Wildman–Crippen MR) is 68.2 cm³/mol. The summed E-state index contributed by atoms with van der Waals surface area (Å²) in [5, 5.41) is 15.2. The van der Waals surface area contributed by atoms with Gasteiger partial charge in [0.2, 0.25) is 5.88 Å². The van der Waals surface area contributed by atoms with Gasteiger partial charge in [0.25, 0.3) is 5.91 Å². The van der Waals surface area contributed by atoms with Crippen LogP contribution in [0.15, 0.2) is 6.07 Å². The number of hydrogen-bond donors (Lipinski definition) is 2. The van der Waals surface area contributed by atoms with Crippen molar-refractivity contribution in [2.45, 2.75) is 25.7 Å². The van der Waals surface area contributed by atoms with Crippen molar-refractivity contribution in [3.63, 3.8) is 0 Å². The van der Waals surface area contributed by atoms with Gasteiger partial charge in [-0.1, -0.05) is 6.42 Å². The Morgan fingerprint density at radius 1 is 1.42 bits per heavy atom. The van der Waals surface area contributed by atoms with Crippen LogP contribution in [0.4, 0.5) is 0 Å². The number of nitrogens with zero attached hydrogens (tertiary/aromatic N) is 2. The normalized spacial score (nSPS) is 10.2. The first-order valence-corrected chi connectivity index (χ1v) is 6.12. The van der Waals surface area contributed by atoms with Gasteiger partial charge in [0, 0.05) is 26.1 Å². The summed E-state index contributed by atoms with van der Waals surface area (Å²) >= 11 is 0. The Balaban J connectivity index is 2.25. The summed E-state index contributed by atoms with van der Waals surface area (Å²) < 4.78 is 6.51. The van der Waals surface area contributed by atoms with Crippen LogP contribution in [-0.2, 0) is 11.8 Å². The average molecular weight is 269 g/mol. The molecule has 19 heavy (non-hydrogen) atoms. The fraction of sp³-hybridized carbons (Fsp3) is 0.583. The van der Waals surface area contributed by atoms with Gasteiger partial charge in [-0.3, -0.25) is 9.59 Å². The van der Waals surface area contributed by atoms with Gasteiger partial charge in [-0.2, -0.15) is 5.10 Å². The molecule has 0 spiro atoms. The third kappa shape index (κ3) is 4.99. The van der Waals surface area contributed by atoms with E-state index in [-0.39, 0.29) is 12.3 Å². The number of aryl methyl sites for hydroxylation is 1. The van der Waals surface area contributed by atoms with Crippen LogP contribution in [-0.4, -0.2) is 40.4 Å². The van der Waals surface area contributed by atoms with E-state index in [1.165, 1.54) is 11.8 Å². The molecule has 0 atom stereocenters. The van der Waals surface area contributed by atoms with Crippen LogP contribution in [0.3, 0.4) is 0 Å². The Morgan fingerprint density at radius 3 is 2.74 bits per heavy atom. The molecule has 2 N–H and O–H groups in total. The summed E-state index contributed by atoms with van der Waals surface area (Å²) in [4.78, 5) is 22.0. The molecule has 0 bridgehead atoms. The first-order valence-electron chi connectivity index (χ1n) is 6.12. The number of carbonyl (C=O) groups excluding carboxylic acids is 1. The van der Waals surface area contributed by atoms with Crippen LogP contribution in [0.2, 0.25) is 0 Å². The van der Waals surface area contributed by atoms with Crippen LogP contribution >= 0.6 is 0 Å². The highest BCUT2D eigenvalue weighted by Gasteiger charge is 2.12. The third-order valence-corrected chi connectivity index (χ3v) is 2.63. The van der Waals surface area contributed by atoms with Crippen molar-refractivity contribution in [3.8, 4) is 5.88 Å². The molecule has 0 fully saturated rings. The molecular formula is C12H19N3O4. The molecule has 0 saturated carbocycles. The van der Waals surface area contributed by atoms with Crippen LogP contribution in [0.25, 0.3) is 0 Å². The van der Waals surface area contributed by atoms with Crippen molar-refractivity contribution < 1.29 is 19.4 Å². The summed E-state index contributed by atoms with van der Waals surface area (Å²) in [6, 6.07) is 1.57. The molecular weight excluding hydrogens is 250 g/mol. The van der Waals surface area contributed by atoms with Crippen LogP contribution in [0, 0.1) is 0 Å². The Hall–Kier alpha value is -2.05. The van der Waals surface area contributed by atoms with E-state index in [4.69, 9.17) is 9.84 Å². The van der Waals surface area contributed by atoms with Gasteiger partial charge < -0.3 is 15.2 Å². The number of aromatic nitrogens is 2. The second kappa shape index (κ2) is 7.40. The largest absolute Gasteiger partial charge is 0.481 e. The zero-order valence-electron chi connectivity index (χ0n) is 11.2. The van der Waals surface area contributed by atoms with Gasteiger partial charge in [0.15, 0.2) is 5.69 Å². The molecule has 0 aliphatic rings. The van der Waals surface area contributed by atoms with Gasteiger partial charge >= 0.3 is 5.97 Å². The van der Waals surface area contributed by atoms with Crippen molar-refractivity contribution in [1.29, 1.82) is 0 Å². The van der Waals surface area contributed by atoms with E-state index in [1.807, 2.05) is 0 Å². The number of carbonyl (C=O) groups is 2. The predicted octanol–water partition coefficient (Wildman–Crippen LogP) is 0.803. The number of amides is 1. The molecule has 0 aromatic carbocycles. The molecule has 1 rings (SSSR count). The van der Waals surface area contributed by atoms with Crippen LogP contribution < -0.4 is 10.1 Å². The number of rotatable bonds is 8. The van der Waals surface area contributed by atoms with Gasteiger partial charge in [-0.25, -0.2) is 4.68 Å². The summed E-state index contributed by atoms with van der Waals surface area (Å²) in [7, 11) is 3.21. The molecule has 0 saturated heterocycles. The second-order valence-electron chi connectivity index (χ2n) is 4.16. The standard InChI is InChI=1S/C12H19N3O4/c1-15-10(19-2)8-9(14-15)12(18)13-7-5-3-4-6-11(16)17/h8H,3-7H2,1-2H3,(H,13,18)(H,16,17). The topological polar surface area (TPSA) is 93.4 Å². The first kappa shape index (κ1) is 15.0. The minimum absolute atomic E-state index is 0.172. The van der Waals surface area contributed by atoms with Gasteiger partial charge in [-0.15, -0.1) is 0 Å². The van der Waals surface area contributed by atoms with E-state index < -0.39 is 5.97 Å². The number of aliphatic carboxylic acids is 1. The van der Waals surface area contributed by atoms with Gasteiger partial charge in [0.05, 0.1) is 7.11 Å². The molecule has 0 aliphatic heterocycles. The van der Waals surface area contributed by atoms with Gasteiger partial charge in [0.1, 0.15) is 0 Å². The van der Waals surface area contributed by atoms with Crippen molar-refractivity contribution in [2.75, 3.05) is 13.7 Å². The van der Waals surface area contributed by atoms with Crippen molar-refractivity contribution in [1.82, 2.24) is 15.1 Å². The van der Waals surface area contributed by atoms with Crippen LogP contribution in [0.5, 0.6) is 5.88 Å². The lowest BCUT2D eigenvalue weighted by Gasteiger charge is -2.02. The molecule has 0 radical (unpaired) electrons. The highest BCUT2D eigenvalue weighted by molar-refractivity contribution is 5.92. The molecule has 1 heterocycles. The lowest BCUT2D eigenvalue weighted by molar-refractivity contribution is -0.137. The maximum absolute atomic E-state index is 11.7. The second-order valence-corrected chi connectivity index (χ2v) is 4.16. The maximum atomic E-state index is 11.7. The van der Waals surface area contributed by atoms with E-state index >= 15 is 0 Å². The quantitative estimate of drug-likeness (QED) is 0.681. The number of ether oxygens (including phenoxy) is 1. The lowest BCUT2D eigenvalue weighted by Crippen LogP contribution is -2.25. The highest BCUT2D eigenvalue weighted by Crippen LogP contribution is 2.10. The lowest BCUT2D eigenvalue weighted by atomic mass is 10.2. The molecule has 7 nitrogen and oxygen atoms in total. The van der Waals surface area contributed by atoms with E-state index in [2.05, 4.69) is 10.4 Å². The minimum Gasteiger partial charge on any atom is -0.481 e. The Bertz CT molecular complexity index is 442. The molecule has 7 heteroatoms. The maximum Gasteiger partial charge on any atom is 0.303 e. The number of hydrogen-bond acceptors (Lipinski definition) is 4. The number of carboxylic acids is 1. The smallest absolute Gasteiger partial charge is 0.303 e. The van der Waals surface area contributed by atoms with E-state index in [0.29, 0.717) is 24.5 Å². The monoisotopic (exact) mass is 269 g/mol. The molecule has 106 valence electrons. The molecule has 1 amide bonds. The van der Waals surface area contributed by atoms with E-state index in [9.17, 15) is 9.59 Å². The molecule has 0 unspecified atom stereocenters. The number of carboxylic acid groups (broad SMARTS) is 1. The van der Waals surface area contributed by atoms with Crippen molar-refractivity contribution in [3.05, 3.63) is 11.8 Å². The van der Waals surface area contributed by atoms with E-state index in [1.54, 1.807) is 13.1 Å². The minimum atomic E-state index is -0.787. The highest BCUT2D eigenvalue weighted by atomic mass is 16.5. The Kier molecular flexibility index (Phi) is 5.84. The fourth-order valence-electron chi connectivity index (χ4n) is 1.62. The molecule has 1 aromatic heterocycles. The van der Waals surface area contributed by atoms with E-state index in [0.717, 1.165) is 12.8 Å². The molecule has 0 aliphatic carbocycles. The Morgan fingerprint density at radius 2 is 2.16 bits per heavy atom. The zero-order valence-corrected chi connectivity index (χ0v) is 11.2. The first-order chi connectivity index (χ1) is 9.04. The SMILES string of the molecule is COc1cc(C(=O)NCCCCCC(=O)O)nn1C. The van der Waals surface area contributed by atoms with Crippen molar-refractivity contribution >= 4 is 11.9 Å². The molecule has 1 aromatic rings. The van der Waals surface area contributed by atoms with Gasteiger partial charge in [-0.05, 0) is 12.8 Å². The third-order valence-electron chi connectivity index (χ3n) is 2.63. The number of nitrogens with one attached hydrogen (secondary N) is 1. The summed E-state index contributed by atoms with van der Waals surface area (Å²) in [6.45, 7) is 0.511.